The maximum Gasteiger partial charge on any atom is 0.264 e. The maximum atomic E-state index is 12.3. The van der Waals surface area contributed by atoms with E-state index in [1.807, 2.05) is 16.7 Å². The van der Waals surface area contributed by atoms with E-state index in [1.54, 1.807) is 11.3 Å². The fraction of sp³-hybridized carbons (Fsp3) is 0.417. The van der Waals surface area contributed by atoms with Crippen molar-refractivity contribution in [3.63, 3.8) is 0 Å². The molecular weight excluding hydrogens is 252 g/mol. The Balaban J connectivity index is 1.81. The molecule has 1 aromatic rings. The topological polar surface area (TPSA) is 32.3 Å². The summed E-state index contributed by atoms with van der Waals surface area (Å²) in [5.41, 5.74) is 0. The third-order valence-electron chi connectivity index (χ3n) is 2.94. The van der Waals surface area contributed by atoms with Crippen LogP contribution >= 0.6 is 23.1 Å². The van der Waals surface area contributed by atoms with Crippen LogP contribution in [0.25, 0.3) is 6.08 Å². The van der Waals surface area contributed by atoms with Crippen molar-refractivity contribution in [2.75, 3.05) is 31.9 Å². The number of nitrogens with zero attached hydrogens (tertiary/aromatic N) is 1. The van der Waals surface area contributed by atoms with Gasteiger partial charge in [0.25, 0.3) is 5.91 Å². The van der Waals surface area contributed by atoms with E-state index in [0.717, 1.165) is 36.8 Å². The lowest BCUT2D eigenvalue weighted by molar-refractivity contribution is 0.0740. The van der Waals surface area contributed by atoms with Gasteiger partial charge >= 0.3 is 0 Å². The fourth-order valence-corrected chi connectivity index (χ4v) is 4.15. The highest BCUT2D eigenvalue weighted by molar-refractivity contribution is 7.99. The molecule has 0 saturated carbocycles. The number of hydrogen-bond acceptors (Lipinski definition) is 4. The van der Waals surface area contributed by atoms with Crippen molar-refractivity contribution >= 4 is 35.1 Å². The summed E-state index contributed by atoms with van der Waals surface area (Å²) in [6.07, 6.45) is 4.29. The van der Waals surface area contributed by atoms with E-state index in [0.29, 0.717) is 0 Å². The predicted molar refractivity (Wildman–Crippen MR) is 72.9 cm³/mol. The zero-order valence-corrected chi connectivity index (χ0v) is 11.1. The number of carbonyl (C=O) groups excluding carboxylic acids is 1. The number of piperazine rings is 1. The van der Waals surface area contributed by atoms with E-state index in [-0.39, 0.29) is 5.91 Å². The highest BCUT2D eigenvalue weighted by Gasteiger charge is 2.21. The Labute approximate surface area is 109 Å². The molecule has 90 valence electrons. The second-order valence-corrected chi connectivity index (χ2v) is 6.24. The second-order valence-electron chi connectivity index (χ2n) is 4.09. The van der Waals surface area contributed by atoms with E-state index >= 15 is 0 Å². The molecule has 1 N–H and O–H groups in total. The standard InChI is InChI=1S/C12H14N2OS2/c15-12(14-5-3-13-4-6-14)11-8-10-9(17-11)2-1-7-16-10/h1-2,8,13H,3-7H2. The lowest BCUT2D eigenvalue weighted by Crippen LogP contribution is -2.46. The molecule has 0 unspecified atom stereocenters. The Morgan fingerprint density at radius 1 is 1.35 bits per heavy atom. The Morgan fingerprint density at radius 2 is 2.18 bits per heavy atom. The fourth-order valence-electron chi connectivity index (χ4n) is 2.04. The summed E-state index contributed by atoms with van der Waals surface area (Å²) in [7, 11) is 0. The van der Waals surface area contributed by atoms with E-state index in [1.165, 1.54) is 9.77 Å². The van der Waals surface area contributed by atoms with Crippen LogP contribution in [0.15, 0.2) is 17.0 Å². The van der Waals surface area contributed by atoms with Crippen LogP contribution in [0.1, 0.15) is 14.5 Å². The summed E-state index contributed by atoms with van der Waals surface area (Å²) in [6, 6.07) is 2.05. The average Bonchev–Trinajstić information content (AvgIpc) is 2.82. The van der Waals surface area contributed by atoms with Crippen LogP contribution in [0.4, 0.5) is 0 Å². The van der Waals surface area contributed by atoms with E-state index < -0.39 is 0 Å². The summed E-state index contributed by atoms with van der Waals surface area (Å²) in [5, 5.41) is 3.26. The second kappa shape index (κ2) is 4.84. The van der Waals surface area contributed by atoms with Gasteiger partial charge in [-0.05, 0) is 12.1 Å². The van der Waals surface area contributed by atoms with Gasteiger partial charge in [0.1, 0.15) is 0 Å². The van der Waals surface area contributed by atoms with Gasteiger partial charge in [0, 0.05) is 41.7 Å². The van der Waals surface area contributed by atoms with Crippen LogP contribution in [-0.4, -0.2) is 42.7 Å². The molecule has 0 spiro atoms. The van der Waals surface area contributed by atoms with Crippen molar-refractivity contribution in [3.05, 3.63) is 21.9 Å². The van der Waals surface area contributed by atoms with Crippen LogP contribution in [0.3, 0.4) is 0 Å². The molecule has 1 aromatic heterocycles. The first-order valence-electron chi connectivity index (χ1n) is 5.78. The summed E-state index contributed by atoms with van der Waals surface area (Å²) >= 11 is 3.43. The number of thiophene rings is 1. The zero-order valence-electron chi connectivity index (χ0n) is 9.44. The smallest absolute Gasteiger partial charge is 0.264 e. The van der Waals surface area contributed by atoms with E-state index in [2.05, 4.69) is 23.5 Å². The van der Waals surface area contributed by atoms with Crippen molar-refractivity contribution in [3.8, 4) is 0 Å². The van der Waals surface area contributed by atoms with Crippen LogP contribution in [0, 0.1) is 0 Å². The maximum absolute atomic E-state index is 12.3. The molecule has 3 nitrogen and oxygen atoms in total. The summed E-state index contributed by atoms with van der Waals surface area (Å²) in [5.74, 6) is 1.21. The number of fused-ring (bicyclic) bond motifs is 1. The number of nitrogens with one attached hydrogen (secondary N) is 1. The minimum absolute atomic E-state index is 0.194. The SMILES string of the molecule is O=C(c1cc2c(s1)C=CCS2)N1CCNCC1. The van der Waals surface area contributed by atoms with Crippen LogP contribution < -0.4 is 5.32 Å². The normalized spacial score (nSPS) is 19.2. The van der Waals surface area contributed by atoms with Gasteiger partial charge < -0.3 is 10.2 Å². The van der Waals surface area contributed by atoms with Crippen molar-refractivity contribution in [1.29, 1.82) is 0 Å². The largest absolute Gasteiger partial charge is 0.335 e. The zero-order chi connectivity index (χ0) is 11.7. The van der Waals surface area contributed by atoms with Crippen molar-refractivity contribution in [2.45, 2.75) is 4.90 Å². The quantitative estimate of drug-likeness (QED) is 0.843. The van der Waals surface area contributed by atoms with Crippen molar-refractivity contribution in [1.82, 2.24) is 10.2 Å². The van der Waals surface area contributed by atoms with Crippen LogP contribution in [0.5, 0.6) is 0 Å². The Bertz CT molecular complexity index is 461. The van der Waals surface area contributed by atoms with Crippen molar-refractivity contribution < 1.29 is 4.79 Å². The van der Waals surface area contributed by atoms with Gasteiger partial charge in [-0.15, -0.1) is 23.1 Å². The Hall–Kier alpha value is -0.780. The minimum atomic E-state index is 0.194. The lowest BCUT2D eigenvalue weighted by Gasteiger charge is -2.26. The summed E-state index contributed by atoms with van der Waals surface area (Å²) in [4.78, 5) is 17.6. The number of hydrogen-bond donors (Lipinski definition) is 1. The molecule has 1 saturated heterocycles. The van der Waals surface area contributed by atoms with Gasteiger partial charge in [-0.3, -0.25) is 4.79 Å². The van der Waals surface area contributed by atoms with Gasteiger partial charge in [-0.25, -0.2) is 0 Å². The molecule has 3 rings (SSSR count). The van der Waals surface area contributed by atoms with E-state index in [4.69, 9.17) is 0 Å². The predicted octanol–water partition coefficient (Wildman–Crippen LogP) is 1.91. The molecule has 0 atom stereocenters. The van der Waals surface area contributed by atoms with Gasteiger partial charge in [-0.2, -0.15) is 0 Å². The number of carbonyl (C=O) groups is 1. The van der Waals surface area contributed by atoms with Crippen LogP contribution in [0.2, 0.25) is 0 Å². The molecule has 3 heterocycles. The molecule has 0 aliphatic carbocycles. The van der Waals surface area contributed by atoms with Gasteiger partial charge in [0.15, 0.2) is 0 Å². The summed E-state index contributed by atoms with van der Waals surface area (Å²) in [6.45, 7) is 3.46. The molecule has 1 amide bonds. The summed E-state index contributed by atoms with van der Waals surface area (Å²) < 4.78 is 0. The first-order chi connectivity index (χ1) is 8.34. The minimum Gasteiger partial charge on any atom is -0.335 e. The third-order valence-corrected chi connectivity index (χ3v) is 5.17. The Morgan fingerprint density at radius 3 is 2.94 bits per heavy atom. The molecule has 0 radical (unpaired) electrons. The van der Waals surface area contributed by atoms with Crippen LogP contribution in [-0.2, 0) is 0 Å². The molecular formula is C12H14N2OS2. The number of thioether (sulfide) groups is 1. The molecule has 2 aliphatic heterocycles. The number of rotatable bonds is 1. The van der Waals surface area contributed by atoms with E-state index in [9.17, 15) is 4.79 Å². The van der Waals surface area contributed by atoms with Crippen molar-refractivity contribution in [2.24, 2.45) is 0 Å². The third kappa shape index (κ3) is 2.27. The van der Waals surface area contributed by atoms with Gasteiger partial charge in [0.2, 0.25) is 0 Å². The lowest BCUT2D eigenvalue weighted by atomic mass is 10.3. The Kier molecular flexibility index (Phi) is 3.22. The molecule has 2 aliphatic rings. The first kappa shape index (κ1) is 11.3. The molecule has 0 aromatic carbocycles. The molecule has 17 heavy (non-hydrogen) atoms. The van der Waals surface area contributed by atoms with Gasteiger partial charge in [-0.1, -0.05) is 6.08 Å². The van der Waals surface area contributed by atoms with Gasteiger partial charge in [0.05, 0.1) is 4.88 Å². The highest BCUT2D eigenvalue weighted by atomic mass is 32.2. The average molecular weight is 266 g/mol. The molecule has 1 fully saturated rings. The molecule has 5 heteroatoms. The monoisotopic (exact) mass is 266 g/mol. The molecule has 0 bridgehead atoms. The highest BCUT2D eigenvalue weighted by Crippen LogP contribution is 2.35. The number of amides is 1. The first-order valence-corrected chi connectivity index (χ1v) is 7.58.